The predicted molar refractivity (Wildman–Crippen MR) is 66.2 cm³/mol. The van der Waals surface area contributed by atoms with Gasteiger partial charge in [0.1, 0.15) is 5.82 Å². The molecule has 0 unspecified atom stereocenters. The number of hydrogen-bond donors (Lipinski definition) is 1. The van der Waals surface area contributed by atoms with Gasteiger partial charge in [-0.25, -0.2) is 4.39 Å². The van der Waals surface area contributed by atoms with Crippen LogP contribution >= 0.6 is 0 Å². The van der Waals surface area contributed by atoms with E-state index in [9.17, 15) is 9.18 Å². The van der Waals surface area contributed by atoms with E-state index in [4.69, 9.17) is 5.26 Å². The summed E-state index contributed by atoms with van der Waals surface area (Å²) in [5.74, 6) is -0.647. The fourth-order valence-electron chi connectivity index (χ4n) is 2.15. The van der Waals surface area contributed by atoms with Gasteiger partial charge >= 0.3 is 0 Å². The number of hydrogen-bond acceptors (Lipinski definition) is 4. The molecule has 1 saturated heterocycles. The molecule has 1 aromatic heterocycles. The molecule has 1 atom stereocenters. The van der Waals surface area contributed by atoms with Crippen molar-refractivity contribution in [2.75, 3.05) is 19.6 Å². The molecule has 0 aromatic carbocycles. The molecule has 5 nitrogen and oxygen atoms in total. The molecule has 100 valence electrons. The Labute approximate surface area is 111 Å². The largest absolute Gasteiger partial charge is 0.350 e. The topological polar surface area (TPSA) is 69.0 Å². The van der Waals surface area contributed by atoms with E-state index in [1.807, 2.05) is 4.90 Å². The molecule has 0 bridgehead atoms. The lowest BCUT2D eigenvalue weighted by atomic mass is 10.1. The molecule has 1 fully saturated rings. The van der Waals surface area contributed by atoms with E-state index in [2.05, 4.69) is 16.4 Å². The standard InChI is InChI=1S/C13H15FN4O/c14-11-2-1-5-16-12(11)8-17-13(19)10-3-6-18(9-10)7-4-15/h1-2,5,10H,3,6-9H2,(H,17,19)/t10-/m0/s1. The van der Waals surface area contributed by atoms with E-state index in [1.165, 1.54) is 18.3 Å². The van der Waals surface area contributed by atoms with Crippen molar-refractivity contribution in [2.24, 2.45) is 5.92 Å². The number of halogens is 1. The van der Waals surface area contributed by atoms with Gasteiger partial charge in [-0.15, -0.1) is 0 Å². The molecule has 2 heterocycles. The second-order valence-corrected chi connectivity index (χ2v) is 4.53. The molecule has 0 radical (unpaired) electrons. The predicted octanol–water partition coefficient (Wildman–Crippen LogP) is 0.682. The lowest BCUT2D eigenvalue weighted by Gasteiger charge is -2.12. The van der Waals surface area contributed by atoms with Crippen LogP contribution in [0.1, 0.15) is 12.1 Å². The highest BCUT2D eigenvalue weighted by atomic mass is 19.1. The second kappa shape index (κ2) is 6.25. The van der Waals surface area contributed by atoms with E-state index in [1.54, 1.807) is 0 Å². The third-order valence-electron chi connectivity index (χ3n) is 3.20. The molecule has 1 N–H and O–H groups in total. The maximum Gasteiger partial charge on any atom is 0.224 e. The molecular weight excluding hydrogens is 247 g/mol. The minimum Gasteiger partial charge on any atom is -0.350 e. The van der Waals surface area contributed by atoms with Crippen LogP contribution in [0.4, 0.5) is 4.39 Å². The third kappa shape index (κ3) is 3.48. The van der Waals surface area contributed by atoms with Gasteiger partial charge in [0, 0.05) is 12.7 Å². The Kier molecular flexibility index (Phi) is 4.42. The Morgan fingerprint density at radius 1 is 1.68 bits per heavy atom. The average Bonchev–Trinajstić information content (AvgIpc) is 2.87. The molecule has 0 saturated carbocycles. The summed E-state index contributed by atoms with van der Waals surface area (Å²) in [6.45, 7) is 1.78. The molecule has 2 rings (SSSR count). The molecule has 0 aliphatic carbocycles. The van der Waals surface area contributed by atoms with Crippen molar-refractivity contribution in [1.29, 1.82) is 5.26 Å². The summed E-state index contributed by atoms with van der Waals surface area (Å²) < 4.78 is 13.3. The van der Waals surface area contributed by atoms with Crippen molar-refractivity contribution in [3.63, 3.8) is 0 Å². The zero-order valence-corrected chi connectivity index (χ0v) is 10.5. The zero-order valence-electron chi connectivity index (χ0n) is 10.5. The van der Waals surface area contributed by atoms with Crippen molar-refractivity contribution < 1.29 is 9.18 Å². The molecule has 0 spiro atoms. The summed E-state index contributed by atoms with van der Waals surface area (Å²) in [7, 11) is 0. The van der Waals surface area contributed by atoms with Crippen LogP contribution in [0.5, 0.6) is 0 Å². The first kappa shape index (κ1) is 13.4. The number of amides is 1. The van der Waals surface area contributed by atoms with Crippen LogP contribution in [-0.4, -0.2) is 35.4 Å². The molecule has 19 heavy (non-hydrogen) atoms. The summed E-state index contributed by atoms with van der Waals surface area (Å²) in [5.41, 5.74) is 0.239. The zero-order chi connectivity index (χ0) is 13.7. The molecular formula is C13H15FN4O. The summed E-state index contributed by atoms with van der Waals surface area (Å²) in [6, 6.07) is 4.90. The Balaban J connectivity index is 1.83. The fraction of sp³-hybridized carbons (Fsp3) is 0.462. The highest BCUT2D eigenvalue weighted by Gasteiger charge is 2.27. The van der Waals surface area contributed by atoms with Gasteiger partial charge in [0.25, 0.3) is 0 Å². The van der Waals surface area contributed by atoms with Crippen LogP contribution in [0.15, 0.2) is 18.3 Å². The Bertz CT molecular complexity index is 500. The van der Waals surface area contributed by atoms with Crippen molar-refractivity contribution in [3.05, 3.63) is 29.8 Å². The van der Waals surface area contributed by atoms with Gasteiger partial charge in [0.15, 0.2) is 0 Å². The summed E-state index contributed by atoms with van der Waals surface area (Å²) in [5, 5.41) is 11.3. The van der Waals surface area contributed by atoms with Gasteiger partial charge < -0.3 is 5.32 Å². The highest BCUT2D eigenvalue weighted by molar-refractivity contribution is 5.79. The summed E-state index contributed by atoms with van der Waals surface area (Å²) >= 11 is 0. The third-order valence-corrected chi connectivity index (χ3v) is 3.20. The normalized spacial score (nSPS) is 19.1. The van der Waals surface area contributed by atoms with E-state index in [0.717, 1.165) is 13.0 Å². The van der Waals surface area contributed by atoms with E-state index >= 15 is 0 Å². The van der Waals surface area contributed by atoms with Crippen LogP contribution in [0.3, 0.4) is 0 Å². The number of likely N-dealkylation sites (tertiary alicyclic amines) is 1. The number of carbonyl (C=O) groups is 1. The van der Waals surface area contributed by atoms with Gasteiger partial charge in [0.05, 0.1) is 30.8 Å². The molecule has 1 aliphatic rings. The van der Waals surface area contributed by atoms with E-state index < -0.39 is 5.82 Å². The average molecular weight is 262 g/mol. The number of nitrogens with one attached hydrogen (secondary N) is 1. The van der Waals surface area contributed by atoms with Crippen molar-refractivity contribution in [3.8, 4) is 6.07 Å². The monoisotopic (exact) mass is 262 g/mol. The van der Waals surface area contributed by atoms with Gasteiger partial charge in [-0.1, -0.05) is 0 Å². The number of pyridine rings is 1. The van der Waals surface area contributed by atoms with Crippen molar-refractivity contribution in [1.82, 2.24) is 15.2 Å². The van der Waals surface area contributed by atoms with Crippen LogP contribution in [0.25, 0.3) is 0 Å². The first-order valence-electron chi connectivity index (χ1n) is 6.17. The highest BCUT2D eigenvalue weighted by Crippen LogP contribution is 2.15. The number of carbonyl (C=O) groups excluding carboxylic acids is 1. The Morgan fingerprint density at radius 2 is 2.53 bits per heavy atom. The van der Waals surface area contributed by atoms with Crippen LogP contribution in [0, 0.1) is 23.1 Å². The number of nitrogens with zero attached hydrogens (tertiary/aromatic N) is 3. The summed E-state index contributed by atoms with van der Waals surface area (Å²) in [6.07, 6.45) is 2.23. The maximum atomic E-state index is 13.3. The molecule has 1 amide bonds. The maximum absolute atomic E-state index is 13.3. The van der Waals surface area contributed by atoms with Gasteiger partial charge in [-0.05, 0) is 25.1 Å². The van der Waals surface area contributed by atoms with E-state index in [-0.39, 0.29) is 24.1 Å². The smallest absolute Gasteiger partial charge is 0.224 e. The van der Waals surface area contributed by atoms with Crippen molar-refractivity contribution in [2.45, 2.75) is 13.0 Å². The minimum absolute atomic E-state index is 0.0975. The fourth-order valence-corrected chi connectivity index (χ4v) is 2.15. The Morgan fingerprint density at radius 3 is 3.26 bits per heavy atom. The van der Waals surface area contributed by atoms with Crippen molar-refractivity contribution >= 4 is 5.91 Å². The molecule has 1 aromatic rings. The number of rotatable bonds is 4. The van der Waals surface area contributed by atoms with Crippen LogP contribution < -0.4 is 5.32 Å². The first-order valence-corrected chi connectivity index (χ1v) is 6.17. The lowest BCUT2D eigenvalue weighted by molar-refractivity contribution is -0.124. The quantitative estimate of drug-likeness (QED) is 0.810. The molecule has 1 aliphatic heterocycles. The lowest BCUT2D eigenvalue weighted by Crippen LogP contribution is -2.33. The SMILES string of the molecule is N#CCN1CC[C@H](C(=O)NCc2ncccc2F)C1. The Hall–Kier alpha value is -2.00. The van der Waals surface area contributed by atoms with Crippen LogP contribution in [0.2, 0.25) is 0 Å². The number of aromatic nitrogens is 1. The first-order chi connectivity index (χ1) is 9.20. The van der Waals surface area contributed by atoms with E-state index in [0.29, 0.717) is 13.1 Å². The van der Waals surface area contributed by atoms with Gasteiger partial charge in [-0.3, -0.25) is 14.7 Å². The summed E-state index contributed by atoms with van der Waals surface area (Å²) in [4.78, 5) is 17.7. The number of nitriles is 1. The van der Waals surface area contributed by atoms with Gasteiger partial charge in [0.2, 0.25) is 5.91 Å². The molecule has 6 heteroatoms. The second-order valence-electron chi connectivity index (χ2n) is 4.53. The van der Waals surface area contributed by atoms with Gasteiger partial charge in [-0.2, -0.15) is 5.26 Å². The minimum atomic E-state index is -0.416. The van der Waals surface area contributed by atoms with Crippen LogP contribution in [-0.2, 0) is 11.3 Å².